The number of fused-ring (bicyclic) bond motifs is 1. The van der Waals surface area contributed by atoms with Gasteiger partial charge in [-0.15, -0.1) is 0 Å². The Bertz CT molecular complexity index is 906. The zero-order valence-corrected chi connectivity index (χ0v) is 13.9. The van der Waals surface area contributed by atoms with Crippen LogP contribution < -0.4 is 10.2 Å². The van der Waals surface area contributed by atoms with Gasteiger partial charge in [-0.2, -0.15) is 0 Å². The molecule has 0 aliphatic carbocycles. The van der Waals surface area contributed by atoms with Crippen molar-refractivity contribution in [2.45, 2.75) is 33.4 Å². The SMILES string of the molecule is CCCn1c(NC(=O)Cn2c(C)csc2=O)nc2ccccc21. The van der Waals surface area contributed by atoms with Crippen LogP contribution in [0.15, 0.2) is 34.4 Å². The Labute approximate surface area is 137 Å². The molecule has 1 N–H and O–H groups in total. The second kappa shape index (κ2) is 6.37. The summed E-state index contributed by atoms with van der Waals surface area (Å²) in [6.07, 6.45) is 0.937. The predicted molar refractivity (Wildman–Crippen MR) is 92.0 cm³/mol. The first-order chi connectivity index (χ1) is 11.1. The first kappa shape index (κ1) is 15.5. The molecule has 0 saturated carbocycles. The third-order valence-electron chi connectivity index (χ3n) is 3.63. The number of para-hydroxylation sites is 2. The van der Waals surface area contributed by atoms with E-state index in [0.29, 0.717) is 5.95 Å². The number of amides is 1. The van der Waals surface area contributed by atoms with Crippen molar-refractivity contribution in [1.29, 1.82) is 0 Å². The molecule has 0 saturated heterocycles. The number of nitrogens with one attached hydrogen (secondary N) is 1. The Morgan fingerprint density at radius 1 is 1.30 bits per heavy atom. The van der Waals surface area contributed by atoms with Gasteiger partial charge in [0.25, 0.3) is 0 Å². The molecule has 0 atom stereocenters. The van der Waals surface area contributed by atoms with Crippen molar-refractivity contribution < 1.29 is 4.79 Å². The second-order valence-corrected chi connectivity index (χ2v) is 6.17. The van der Waals surface area contributed by atoms with E-state index in [2.05, 4.69) is 17.2 Å². The quantitative estimate of drug-likeness (QED) is 0.782. The Kier molecular flexibility index (Phi) is 4.29. The molecular weight excluding hydrogens is 312 g/mol. The Balaban J connectivity index is 1.87. The van der Waals surface area contributed by atoms with Gasteiger partial charge in [0.05, 0.1) is 11.0 Å². The van der Waals surface area contributed by atoms with Gasteiger partial charge in [-0.3, -0.25) is 19.5 Å². The van der Waals surface area contributed by atoms with Crippen LogP contribution in [0, 0.1) is 6.92 Å². The number of carbonyl (C=O) groups excluding carboxylic acids is 1. The fraction of sp³-hybridized carbons (Fsp3) is 0.312. The van der Waals surface area contributed by atoms with E-state index >= 15 is 0 Å². The van der Waals surface area contributed by atoms with E-state index in [-0.39, 0.29) is 17.3 Å². The summed E-state index contributed by atoms with van der Waals surface area (Å²) in [6, 6.07) is 7.79. The highest BCUT2D eigenvalue weighted by Crippen LogP contribution is 2.20. The maximum atomic E-state index is 12.3. The molecule has 0 bridgehead atoms. The van der Waals surface area contributed by atoms with Gasteiger partial charge in [-0.25, -0.2) is 4.98 Å². The van der Waals surface area contributed by atoms with Crippen molar-refractivity contribution >= 4 is 34.2 Å². The zero-order chi connectivity index (χ0) is 16.4. The molecule has 0 unspecified atom stereocenters. The molecule has 3 rings (SSSR count). The number of aromatic nitrogens is 3. The number of nitrogens with zero attached hydrogens (tertiary/aromatic N) is 3. The highest BCUT2D eigenvalue weighted by atomic mass is 32.1. The highest BCUT2D eigenvalue weighted by molar-refractivity contribution is 7.07. The van der Waals surface area contributed by atoms with Gasteiger partial charge < -0.3 is 4.57 Å². The van der Waals surface area contributed by atoms with Crippen LogP contribution in [0.3, 0.4) is 0 Å². The third kappa shape index (κ3) is 3.05. The van der Waals surface area contributed by atoms with E-state index in [1.54, 1.807) is 5.38 Å². The number of thiazole rings is 1. The van der Waals surface area contributed by atoms with E-state index in [1.807, 2.05) is 35.8 Å². The number of hydrogen-bond acceptors (Lipinski definition) is 4. The standard InChI is InChI=1S/C16H18N4O2S/c1-3-8-19-13-7-5-4-6-12(13)17-15(19)18-14(21)9-20-11(2)10-23-16(20)22/h4-7,10H,3,8-9H2,1-2H3,(H,17,18,21). The van der Waals surface area contributed by atoms with Gasteiger partial charge in [0.2, 0.25) is 11.9 Å². The third-order valence-corrected chi connectivity index (χ3v) is 4.51. The topological polar surface area (TPSA) is 68.9 Å². The Hall–Kier alpha value is -2.41. The molecule has 2 heterocycles. The number of anilines is 1. The molecule has 3 aromatic rings. The van der Waals surface area contributed by atoms with E-state index in [0.717, 1.165) is 41.0 Å². The molecule has 2 aromatic heterocycles. The lowest BCUT2D eigenvalue weighted by Gasteiger charge is -2.09. The minimum absolute atomic E-state index is 0.00347. The lowest BCUT2D eigenvalue weighted by atomic mass is 10.3. The first-order valence-corrected chi connectivity index (χ1v) is 8.38. The summed E-state index contributed by atoms with van der Waals surface area (Å²) >= 11 is 1.10. The highest BCUT2D eigenvalue weighted by Gasteiger charge is 2.14. The average molecular weight is 330 g/mol. The van der Waals surface area contributed by atoms with Crippen molar-refractivity contribution in [1.82, 2.24) is 14.1 Å². The molecule has 0 spiro atoms. The van der Waals surface area contributed by atoms with E-state index in [4.69, 9.17) is 0 Å². The van der Waals surface area contributed by atoms with Gasteiger partial charge in [0.15, 0.2) is 0 Å². The lowest BCUT2D eigenvalue weighted by molar-refractivity contribution is -0.116. The van der Waals surface area contributed by atoms with Crippen LogP contribution >= 0.6 is 11.3 Å². The van der Waals surface area contributed by atoms with Crippen molar-refractivity contribution in [3.63, 3.8) is 0 Å². The summed E-state index contributed by atoms with van der Waals surface area (Å²) in [5, 5.41) is 4.59. The molecule has 0 aliphatic rings. The van der Waals surface area contributed by atoms with Crippen molar-refractivity contribution in [2.24, 2.45) is 0 Å². The summed E-state index contributed by atoms with van der Waals surface area (Å²) in [5.41, 5.74) is 2.63. The van der Waals surface area contributed by atoms with Crippen LogP contribution in [0.1, 0.15) is 19.0 Å². The number of aryl methyl sites for hydroxylation is 2. The van der Waals surface area contributed by atoms with E-state index in [1.165, 1.54) is 4.57 Å². The molecule has 1 amide bonds. The van der Waals surface area contributed by atoms with Gasteiger partial charge >= 0.3 is 4.87 Å². The van der Waals surface area contributed by atoms with Gasteiger partial charge in [0.1, 0.15) is 6.54 Å². The van der Waals surface area contributed by atoms with E-state index < -0.39 is 0 Å². The van der Waals surface area contributed by atoms with Crippen molar-refractivity contribution in [2.75, 3.05) is 5.32 Å². The van der Waals surface area contributed by atoms with Gasteiger partial charge in [0, 0.05) is 17.6 Å². The van der Waals surface area contributed by atoms with Crippen LogP contribution in [0.25, 0.3) is 11.0 Å². The summed E-state index contributed by atoms with van der Waals surface area (Å²) in [6.45, 7) is 4.67. The first-order valence-electron chi connectivity index (χ1n) is 7.50. The maximum absolute atomic E-state index is 12.3. The normalized spacial score (nSPS) is 11.0. The number of hydrogen-bond donors (Lipinski definition) is 1. The number of imidazole rings is 1. The van der Waals surface area contributed by atoms with Crippen LogP contribution in [-0.4, -0.2) is 20.0 Å². The molecule has 0 fully saturated rings. The molecule has 7 heteroatoms. The zero-order valence-electron chi connectivity index (χ0n) is 13.1. The fourth-order valence-corrected chi connectivity index (χ4v) is 3.26. The average Bonchev–Trinajstić information content (AvgIpc) is 3.03. The minimum atomic E-state index is -0.249. The second-order valence-electron chi connectivity index (χ2n) is 5.35. The molecule has 23 heavy (non-hydrogen) atoms. The predicted octanol–water partition coefficient (Wildman–Crippen LogP) is 2.62. The molecule has 120 valence electrons. The van der Waals surface area contributed by atoms with Gasteiger partial charge in [-0.05, 0) is 25.5 Å². The monoisotopic (exact) mass is 330 g/mol. The lowest BCUT2D eigenvalue weighted by Crippen LogP contribution is -2.26. The van der Waals surface area contributed by atoms with Crippen LogP contribution in [-0.2, 0) is 17.9 Å². The summed E-state index contributed by atoms with van der Waals surface area (Å²) in [7, 11) is 0. The van der Waals surface area contributed by atoms with Crippen LogP contribution in [0.5, 0.6) is 0 Å². The molecule has 0 radical (unpaired) electrons. The molecule has 1 aromatic carbocycles. The van der Waals surface area contributed by atoms with E-state index in [9.17, 15) is 9.59 Å². The number of carbonyl (C=O) groups is 1. The number of benzene rings is 1. The van der Waals surface area contributed by atoms with Crippen molar-refractivity contribution in [3.8, 4) is 0 Å². The van der Waals surface area contributed by atoms with Gasteiger partial charge in [-0.1, -0.05) is 30.4 Å². The van der Waals surface area contributed by atoms with Crippen LogP contribution in [0.2, 0.25) is 0 Å². The minimum Gasteiger partial charge on any atom is -0.310 e. The number of rotatable bonds is 5. The summed E-state index contributed by atoms with van der Waals surface area (Å²) in [4.78, 5) is 28.4. The maximum Gasteiger partial charge on any atom is 0.307 e. The largest absolute Gasteiger partial charge is 0.310 e. The summed E-state index contributed by atoms with van der Waals surface area (Å²) < 4.78 is 3.46. The molecule has 0 aliphatic heterocycles. The molecule has 6 nitrogen and oxygen atoms in total. The van der Waals surface area contributed by atoms with Crippen LogP contribution in [0.4, 0.5) is 5.95 Å². The fourth-order valence-electron chi connectivity index (χ4n) is 2.52. The Morgan fingerprint density at radius 2 is 2.09 bits per heavy atom. The smallest absolute Gasteiger partial charge is 0.307 e. The Morgan fingerprint density at radius 3 is 2.78 bits per heavy atom. The summed E-state index contributed by atoms with van der Waals surface area (Å²) in [5.74, 6) is 0.278. The molecular formula is C16H18N4O2S. The van der Waals surface area contributed by atoms with Crippen molar-refractivity contribution in [3.05, 3.63) is 45.0 Å².